The molecule has 1 aliphatic rings. The van der Waals surface area contributed by atoms with Crippen molar-refractivity contribution in [3.05, 3.63) is 22.0 Å². The summed E-state index contributed by atoms with van der Waals surface area (Å²) in [6.07, 6.45) is 6.28. The predicted octanol–water partition coefficient (Wildman–Crippen LogP) is 2.12. The van der Waals surface area contributed by atoms with E-state index in [1.54, 1.807) is 10.7 Å². The van der Waals surface area contributed by atoms with Crippen LogP contribution in [-0.4, -0.2) is 21.2 Å². The van der Waals surface area contributed by atoms with Crippen LogP contribution < -0.4 is 4.74 Å². The maximum Gasteiger partial charge on any atom is 0.216 e. The van der Waals surface area contributed by atoms with Gasteiger partial charge in [-0.05, 0) is 41.4 Å². The zero-order valence-electron chi connectivity index (χ0n) is 8.06. The van der Waals surface area contributed by atoms with E-state index < -0.39 is 0 Å². The molecule has 0 saturated heterocycles. The first-order chi connectivity index (χ1) is 7.33. The average molecular weight is 315 g/mol. The van der Waals surface area contributed by atoms with Gasteiger partial charge in [-0.1, -0.05) is 0 Å². The summed E-state index contributed by atoms with van der Waals surface area (Å²) in [6.45, 7) is 0.799. The minimum absolute atomic E-state index is 0.702. The second-order valence-electron chi connectivity index (χ2n) is 3.78. The third-order valence-electron chi connectivity index (χ3n) is 2.46. The molecule has 4 nitrogen and oxygen atoms in total. The van der Waals surface area contributed by atoms with E-state index in [9.17, 15) is 0 Å². The molecular formula is C10H10IN3O. The number of ether oxygens (including phenoxy) is 1. The summed E-state index contributed by atoms with van der Waals surface area (Å²) in [7, 11) is 0. The summed E-state index contributed by atoms with van der Waals surface area (Å²) >= 11 is 2.22. The van der Waals surface area contributed by atoms with E-state index in [0.717, 1.165) is 21.7 Å². The lowest BCUT2D eigenvalue weighted by Crippen LogP contribution is -2.02. The Morgan fingerprint density at radius 1 is 1.53 bits per heavy atom. The third-order valence-corrected chi connectivity index (χ3v) is 3.23. The zero-order chi connectivity index (χ0) is 10.3. The summed E-state index contributed by atoms with van der Waals surface area (Å²) in [5, 5.41) is 4.16. The highest BCUT2D eigenvalue weighted by molar-refractivity contribution is 14.1. The first-order valence-corrected chi connectivity index (χ1v) is 6.03. The van der Waals surface area contributed by atoms with Gasteiger partial charge in [-0.3, -0.25) is 0 Å². The van der Waals surface area contributed by atoms with Crippen molar-refractivity contribution in [3.63, 3.8) is 0 Å². The van der Waals surface area contributed by atoms with Gasteiger partial charge in [-0.25, -0.2) is 4.52 Å². The van der Waals surface area contributed by atoms with Crippen LogP contribution in [0.25, 0.3) is 5.65 Å². The second-order valence-corrected chi connectivity index (χ2v) is 4.94. The first kappa shape index (κ1) is 9.38. The summed E-state index contributed by atoms with van der Waals surface area (Å²) < 4.78 is 8.41. The smallest absolute Gasteiger partial charge is 0.216 e. The van der Waals surface area contributed by atoms with E-state index >= 15 is 0 Å². The minimum atomic E-state index is 0.702. The van der Waals surface area contributed by atoms with Crippen molar-refractivity contribution < 1.29 is 4.74 Å². The normalized spacial score (nSPS) is 15.8. The molecule has 1 aliphatic carbocycles. The van der Waals surface area contributed by atoms with Gasteiger partial charge in [0.15, 0.2) is 5.65 Å². The lowest BCUT2D eigenvalue weighted by molar-refractivity contribution is 0.288. The van der Waals surface area contributed by atoms with E-state index in [2.05, 4.69) is 32.7 Å². The Morgan fingerprint density at radius 2 is 2.40 bits per heavy atom. The van der Waals surface area contributed by atoms with Crippen LogP contribution >= 0.6 is 22.6 Å². The highest BCUT2D eigenvalue weighted by atomic mass is 127. The van der Waals surface area contributed by atoms with Gasteiger partial charge >= 0.3 is 0 Å². The van der Waals surface area contributed by atoms with Gasteiger partial charge in [0.25, 0.3) is 0 Å². The van der Waals surface area contributed by atoms with Crippen LogP contribution in [0.5, 0.6) is 5.88 Å². The summed E-state index contributed by atoms with van der Waals surface area (Å²) in [6, 6.07) is 1.86. The first-order valence-electron chi connectivity index (χ1n) is 4.95. The van der Waals surface area contributed by atoms with Crippen LogP contribution in [0.3, 0.4) is 0 Å². The lowest BCUT2D eigenvalue weighted by atomic mass is 10.5. The lowest BCUT2D eigenvalue weighted by Gasteiger charge is -2.03. The molecule has 1 fully saturated rings. The van der Waals surface area contributed by atoms with Crippen molar-refractivity contribution in [1.29, 1.82) is 0 Å². The summed E-state index contributed by atoms with van der Waals surface area (Å²) in [5.41, 5.74) is 0.865. The van der Waals surface area contributed by atoms with Crippen LogP contribution in [0.15, 0.2) is 18.5 Å². The van der Waals surface area contributed by atoms with Crippen molar-refractivity contribution >= 4 is 28.2 Å². The van der Waals surface area contributed by atoms with Crippen molar-refractivity contribution in [1.82, 2.24) is 14.6 Å². The maximum atomic E-state index is 5.61. The summed E-state index contributed by atoms with van der Waals surface area (Å²) in [5.74, 6) is 1.46. The van der Waals surface area contributed by atoms with E-state index in [4.69, 9.17) is 4.74 Å². The van der Waals surface area contributed by atoms with Crippen molar-refractivity contribution in [3.8, 4) is 5.88 Å². The molecule has 0 unspecified atom stereocenters. The minimum Gasteiger partial charge on any atom is -0.477 e. The van der Waals surface area contributed by atoms with Gasteiger partial charge in [0.2, 0.25) is 5.88 Å². The van der Waals surface area contributed by atoms with E-state index in [1.165, 1.54) is 12.8 Å². The van der Waals surface area contributed by atoms with Crippen LogP contribution in [0.1, 0.15) is 12.8 Å². The second kappa shape index (κ2) is 3.62. The quantitative estimate of drug-likeness (QED) is 0.815. The molecule has 0 spiro atoms. The number of halogens is 1. The Balaban J connectivity index is 1.86. The molecule has 5 heteroatoms. The van der Waals surface area contributed by atoms with Gasteiger partial charge in [0, 0.05) is 12.3 Å². The molecule has 0 amide bonds. The Labute approximate surface area is 101 Å². The van der Waals surface area contributed by atoms with Crippen LogP contribution in [0.2, 0.25) is 0 Å². The number of hydrogen-bond acceptors (Lipinski definition) is 3. The van der Waals surface area contributed by atoms with E-state index in [-0.39, 0.29) is 0 Å². The third kappa shape index (κ3) is 1.92. The molecule has 2 heterocycles. The summed E-state index contributed by atoms with van der Waals surface area (Å²) in [4.78, 5) is 4.41. The Morgan fingerprint density at radius 3 is 3.20 bits per heavy atom. The van der Waals surface area contributed by atoms with Crippen molar-refractivity contribution in [2.75, 3.05) is 6.61 Å². The van der Waals surface area contributed by atoms with Crippen LogP contribution in [0.4, 0.5) is 0 Å². The van der Waals surface area contributed by atoms with E-state index in [0.29, 0.717) is 5.88 Å². The standard InChI is InChI=1S/C10H10IN3O/c11-8-5-12-14-4-3-9(13-10(8)14)15-6-7-1-2-7/h3-5,7H,1-2,6H2. The number of nitrogens with zero attached hydrogens (tertiary/aromatic N) is 3. The highest BCUT2D eigenvalue weighted by Gasteiger charge is 2.22. The van der Waals surface area contributed by atoms with Gasteiger partial charge in [-0.15, -0.1) is 0 Å². The van der Waals surface area contributed by atoms with Crippen molar-refractivity contribution in [2.45, 2.75) is 12.8 Å². The predicted molar refractivity (Wildman–Crippen MR) is 63.9 cm³/mol. The molecule has 78 valence electrons. The number of hydrogen-bond donors (Lipinski definition) is 0. The molecule has 0 bridgehead atoms. The number of aromatic nitrogens is 3. The highest BCUT2D eigenvalue weighted by Crippen LogP contribution is 2.29. The Kier molecular flexibility index (Phi) is 2.27. The molecule has 15 heavy (non-hydrogen) atoms. The molecule has 0 radical (unpaired) electrons. The monoisotopic (exact) mass is 315 g/mol. The SMILES string of the molecule is Ic1cnn2ccc(OCC3CC3)nc12. The van der Waals surface area contributed by atoms with Gasteiger partial charge in [0.1, 0.15) is 0 Å². The Hall–Kier alpha value is -0.850. The molecule has 0 aromatic carbocycles. The Bertz CT molecular complexity index is 492. The number of rotatable bonds is 3. The average Bonchev–Trinajstić information content (AvgIpc) is 3.02. The zero-order valence-corrected chi connectivity index (χ0v) is 10.2. The van der Waals surface area contributed by atoms with Crippen LogP contribution in [0, 0.1) is 9.49 Å². The molecule has 3 rings (SSSR count). The molecule has 0 N–H and O–H groups in total. The van der Waals surface area contributed by atoms with Gasteiger partial charge < -0.3 is 4.74 Å². The van der Waals surface area contributed by atoms with Crippen LogP contribution in [-0.2, 0) is 0 Å². The fraction of sp³-hybridized carbons (Fsp3) is 0.400. The largest absolute Gasteiger partial charge is 0.477 e. The van der Waals surface area contributed by atoms with Gasteiger partial charge in [0.05, 0.1) is 16.4 Å². The van der Waals surface area contributed by atoms with E-state index in [1.807, 2.05) is 12.3 Å². The van der Waals surface area contributed by atoms with Crippen molar-refractivity contribution in [2.24, 2.45) is 5.92 Å². The topological polar surface area (TPSA) is 39.4 Å². The number of fused-ring (bicyclic) bond motifs is 1. The molecule has 0 aliphatic heterocycles. The maximum absolute atomic E-state index is 5.61. The molecule has 2 aromatic rings. The molecular weight excluding hydrogens is 305 g/mol. The molecule has 0 atom stereocenters. The van der Waals surface area contributed by atoms with Gasteiger partial charge in [-0.2, -0.15) is 10.1 Å². The molecule has 1 saturated carbocycles. The molecule has 2 aromatic heterocycles. The fourth-order valence-corrected chi connectivity index (χ4v) is 1.88. The fourth-order valence-electron chi connectivity index (χ4n) is 1.39.